The van der Waals surface area contributed by atoms with Gasteiger partial charge in [-0.2, -0.15) is 0 Å². The van der Waals surface area contributed by atoms with Crippen LogP contribution in [0.4, 0.5) is 11.4 Å². The number of nitrogens with zero attached hydrogens (tertiary/aromatic N) is 1. The average molecular weight is 479 g/mol. The largest absolute Gasteiger partial charge is 0.497 e. The van der Waals surface area contributed by atoms with Crippen molar-refractivity contribution < 1.29 is 23.8 Å². The molecule has 4 rings (SSSR count). The highest BCUT2D eigenvalue weighted by Gasteiger charge is 2.30. The molecular formula is C26H26N2O5S. The van der Waals surface area contributed by atoms with Gasteiger partial charge in [0.05, 0.1) is 32.7 Å². The third-order valence-corrected chi connectivity index (χ3v) is 6.88. The Labute approximate surface area is 203 Å². The first-order chi connectivity index (χ1) is 16.5. The number of amides is 2. The highest BCUT2D eigenvalue weighted by molar-refractivity contribution is 7.99. The number of benzene rings is 3. The smallest absolute Gasteiger partial charge is 0.244 e. The molecule has 0 spiro atoms. The van der Waals surface area contributed by atoms with Crippen molar-refractivity contribution in [3.05, 3.63) is 72.3 Å². The van der Waals surface area contributed by atoms with E-state index in [2.05, 4.69) is 5.32 Å². The van der Waals surface area contributed by atoms with E-state index >= 15 is 0 Å². The number of fused-ring (bicyclic) bond motifs is 1. The van der Waals surface area contributed by atoms with Gasteiger partial charge in [-0.1, -0.05) is 24.3 Å². The van der Waals surface area contributed by atoms with E-state index in [-0.39, 0.29) is 30.0 Å². The van der Waals surface area contributed by atoms with Crippen molar-refractivity contribution >= 4 is 35.0 Å². The fourth-order valence-corrected chi connectivity index (χ4v) is 5.07. The fraction of sp³-hybridized carbons (Fsp3) is 0.231. The molecule has 0 saturated carbocycles. The number of thioether (sulfide) groups is 1. The summed E-state index contributed by atoms with van der Waals surface area (Å²) in [5.74, 6) is 1.43. The van der Waals surface area contributed by atoms with Crippen LogP contribution in [0.25, 0.3) is 0 Å². The molecule has 1 heterocycles. The molecule has 3 aromatic rings. The molecule has 3 aromatic carbocycles. The Bertz CT molecular complexity index is 1180. The maximum Gasteiger partial charge on any atom is 0.244 e. The number of carbonyl (C=O) groups excluding carboxylic acids is 2. The van der Waals surface area contributed by atoms with Crippen LogP contribution in [0.2, 0.25) is 0 Å². The lowest BCUT2D eigenvalue weighted by molar-refractivity contribution is -0.121. The summed E-state index contributed by atoms with van der Waals surface area (Å²) in [6.45, 7) is -0.110. The Kier molecular flexibility index (Phi) is 7.27. The van der Waals surface area contributed by atoms with Gasteiger partial charge < -0.3 is 24.4 Å². The van der Waals surface area contributed by atoms with E-state index in [0.717, 1.165) is 21.9 Å². The monoisotopic (exact) mass is 478 g/mol. The summed E-state index contributed by atoms with van der Waals surface area (Å²) in [6.07, 6.45) is 0.269. The molecule has 1 atom stereocenters. The second kappa shape index (κ2) is 10.5. The van der Waals surface area contributed by atoms with E-state index in [0.29, 0.717) is 17.2 Å². The van der Waals surface area contributed by atoms with Crippen molar-refractivity contribution in [2.75, 3.05) is 38.1 Å². The van der Waals surface area contributed by atoms with Gasteiger partial charge in [0.25, 0.3) is 0 Å². The predicted octanol–water partition coefficient (Wildman–Crippen LogP) is 4.92. The molecular weight excluding hydrogens is 452 g/mol. The molecule has 1 aliphatic rings. The fourth-order valence-electron chi connectivity index (χ4n) is 3.79. The number of carbonyl (C=O) groups is 2. The van der Waals surface area contributed by atoms with Crippen molar-refractivity contribution in [3.63, 3.8) is 0 Å². The second-order valence-corrected chi connectivity index (χ2v) is 8.89. The molecule has 34 heavy (non-hydrogen) atoms. The summed E-state index contributed by atoms with van der Waals surface area (Å²) < 4.78 is 15.8. The molecule has 176 valence electrons. The molecule has 1 N–H and O–H groups in total. The number of anilines is 2. The van der Waals surface area contributed by atoms with E-state index in [1.54, 1.807) is 49.1 Å². The van der Waals surface area contributed by atoms with E-state index in [9.17, 15) is 9.59 Å². The highest BCUT2D eigenvalue weighted by Crippen LogP contribution is 2.45. The molecule has 0 bridgehead atoms. The zero-order valence-electron chi connectivity index (χ0n) is 19.2. The molecule has 1 aliphatic heterocycles. The van der Waals surface area contributed by atoms with Gasteiger partial charge in [0.15, 0.2) is 0 Å². The summed E-state index contributed by atoms with van der Waals surface area (Å²) in [4.78, 5) is 28.8. The third-order valence-electron chi connectivity index (χ3n) is 5.56. The Morgan fingerprint density at radius 1 is 0.971 bits per heavy atom. The number of hydrogen-bond donors (Lipinski definition) is 1. The molecule has 0 radical (unpaired) electrons. The quantitative estimate of drug-likeness (QED) is 0.519. The molecule has 8 heteroatoms. The van der Waals surface area contributed by atoms with E-state index in [1.165, 1.54) is 7.11 Å². The number of para-hydroxylation sites is 1. The van der Waals surface area contributed by atoms with Gasteiger partial charge in [-0.15, -0.1) is 11.8 Å². The summed E-state index contributed by atoms with van der Waals surface area (Å²) in [5.41, 5.74) is 2.27. The first-order valence-corrected chi connectivity index (χ1v) is 11.6. The van der Waals surface area contributed by atoms with Crippen molar-refractivity contribution in [2.45, 2.75) is 16.6 Å². The van der Waals surface area contributed by atoms with Gasteiger partial charge in [-0.05, 0) is 42.0 Å². The van der Waals surface area contributed by atoms with Crippen molar-refractivity contribution in [1.82, 2.24) is 0 Å². The zero-order valence-corrected chi connectivity index (χ0v) is 20.1. The lowest BCUT2D eigenvalue weighted by atomic mass is 10.1. The SMILES string of the molecule is COc1ccc(C2CC(=O)N(CC(=O)Nc3ccc(OC)cc3OC)c3ccccc3S2)cc1. The maximum absolute atomic E-state index is 13.3. The first kappa shape index (κ1) is 23.5. The first-order valence-electron chi connectivity index (χ1n) is 10.7. The number of nitrogens with one attached hydrogen (secondary N) is 1. The Balaban J connectivity index is 1.56. The van der Waals surface area contributed by atoms with Crippen LogP contribution in [0.1, 0.15) is 17.2 Å². The number of hydrogen-bond acceptors (Lipinski definition) is 6. The summed E-state index contributed by atoms with van der Waals surface area (Å²) in [6, 6.07) is 20.5. The van der Waals surface area contributed by atoms with Crippen LogP contribution in [-0.4, -0.2) is 39.7 Å². The lowest BCUT2D eigenvalue weighted by Crippen LogP contribution is -2.38. The summed E-state index contributed by atoms with van der Waals surface area (Å²) in [7, 11) is 4.71. The molecule has 0 fully saturated rings. The second-order valence-electron chi connectivity index (χ2n) is 7.65. The van der Waals surface area contributed by atoms with Crippen LogP contribution in [0.3, 0.4) is 0 Å². The Morgan fingerprint density at radius 2 is 1.68 bits per heavy atom. The predicted molar refractivity (Wildman–Crippen MR) is 133 cm³/mol. The highest BCUT2D eigenvalue weighted by atomic mass is 32.2. The molecule has 1 unspecified atom stereocenters. The average Bonchev–Trinajstić information content (AvgIpc) is 3.00. The van der Waals surface area contributed by atoms with Crippen LogP contribution in [-0.2, 0) is 9.59 Å². The molecule has 0 aliphatic carbocycles. The number of ether oxygens (including phenoxy) is 3. The minimum atomic E-state index is -0.320. The summed E-state index contributed by atoms with van der Waals surface area (Å²) in [5, 5.41) is 2.78. The van der Waals surface area contributed by atoms with Crippen molar-refractivity contribution in [1.29, 1.82) is 0 Å². The van der Waals surface area contributed by atoms with Crippen LogP contribution in [0.15, 0.2) is 71.6 Å². The lowest BCUT2D eigenvalue weighted by Gasteiger charge is -2.22. The maximum atomic E-state index is 13.3. The van der Waals surface area contributed by atoms with Crippen LogP contribution in [0, 0.1) is 0 Å². The van der Waals surface area contributed by atoms with Gasteiger partial charge >= 0.3 is 0 Å². The number of methoxy groups -OCH3 is 3. The standard InChI is InChI=1S/C26H26N2O5S/c1-31-18-10-8-17(9-11-18)24-15-26(30)28(21-6-4-5-7-23(21)34-24)16-25(29)27-20-13-12-19(32-2)14-22(20)33-3/h4-14,24H,15-16H2,1-3H3,(H,27,29). The third kappa shape index (κ3) is 5.12. The topological polar surface area (TPSA) is 77.1 Å². The van der Waals surface area contributed by atoms with Crippen LogP contribution >= 0.6 is 11.8 Å². The van der Waals surface area contributed by atoms with Crippen LogP contribution < -0.4 is 24.4 Å². The van der Waals surface area contributed by atoms with Gasteiger partial charge in [-0.3, -0.25) is 9.59 Å². The number of rotatable bonds is 7. The molecule has 0 saturated heterocycles. The molecule has 2 amide bonds. The van der Waals surface area contributed by atoms with E-state index in [4.69, 9.17) is 14.2 Å². The van der Waals surface area contributed by atoms with Crippen molar-refractivity contribution in [2.24, 2.45) is 0 Å². The van der Waals surface area contributed by atoms with Crippen LogP contribution in [0.5, 0.6) is 17.2 Å². The van der Waals surface area contributed by atoms with Gasteiger partial charge in [0.1, 0.15) is 23.8 Å². The Morgan fingerprint density at radius 3 is 2.38 bits per heavy atom. The molecule has 7 nitrogen and oxygen atoms in total. The van der Waals surface area contributed by atoms with Gasteiger partial charge in [0, 0.05) is 22.6 Å². The Hall–Kier alpha value is -3.65. The van der Waals surface area contributed by atoms with Gasteiger partial charge in [-0.25, -0.2) is 0 Å². The van der Waals surface area contributed by atoms with Crippen molar-refractivity contribution in [3.8, 4) is 17.2 Å². The van der Waals surface area contributed by atoms with E-state index < -0.39 is 0 Å². The normalized spacial score (nSPS) is 15.2. The summed E-state index contributed by atoms with van der Waals surface area (Å²) >= 11 is 1.62. The minimum Gasteiger partial charge on any atom is -0.497 e. The minimum absolute atomic E-state index is 0.0747. The van der Waals surface area contributed by atoms with E-state index in [1.807, 2.05) is 48.5 Å². The molecule has 0 aromatic heterocycles. The van der Waals surface area contributed by atoms with Gasteiger partial charge in [0.2, 0.25) is 11.8 Å². The zero-order chi connectivity index (χ0) is 24.1.